The van der Waals surface area contributed by atoms with Gasteiger partial charge in [-0.1, -0.05) is 0 Å². The van der Waals surface area contributed by atoms with Gasteiger partial charge < -0.3 is 4.90 Å². The average molecular weight is 212 g/mol. The molecule has 1 saturated heterocycles. The normalized spacial score (nSPS) is 18.3. The molecule has 1 rings (SSSR count). The number of amides is 1. The summed E-state index contributed by atoms with van der Waals surface area (Å²) in [6.45, 7) is 9.12. The van der Waals surface area contributed by atoms with Crippen LogP contribution in [0.15, 0.2) is 0 Å². The number of hydrogen-bond donors (Lipinski definition) is 0. The van der Waals surface area contributed by atoms with Crippen LogP contribution in [0.1, 0.15) is 27.2 Å². The average Bonchev–Trinajstić information content (AvgIpc) is 2.17. The van der Waals surface area contributed by atoms with Crippen LogP contribution >= 0.6 is 0 Å². The maximum atomic E-state index is 11.6. The Hall–Kier alpha value is -0.900. The minimum Gasteiger partial charge on any atom is -0.340 e. The summed E-state index contributed by atoms with van der Waals surface area (Å²) >= 11 is 0. The smallest absolute Gasteiger partial charge is 0.230 e. The van der Waals surface area contributed by atoms with Crippen molar-refractivity contribution in [2.24, 2.45) is 0 Å². The summed E-state index contributed by atoms with van der Waals surface area (Å²) in [7, 11) is 0. The number of piperazine rings is 1. The van der Waals surface area contributed by atoms with Gasteiger partial charge in [0.25, 0.3) is 0 Å². The topological polar surface area (TPSA) is 40.6 Å². The third-order valence-electron chi connectivity index (χ3n) is 2.80. The summed E-state index contributed by atoms with van der Waals surface area (Å²) in [5, 5.41) is 0. The van der Waals surface area contributed by atoms with Crippen LogP contribution in [0.25, 0.3) is 0 Å². The molecule has 0 aromatic carbocycles. The molecule has 0 radical (unpaired) electrons. The Bertz CT molecular complexity index is 243. The largest absolute Gasteiger partial charge is 0.340 e. The standard InChI is InChI=1S/C11H20N2O2/c1-9(2)12-4-6-13(7-5-12)11(15)8-10(3)14/h9H,4-8H2,1-3H3. The molecule has 0 aromatic rings. The molecule has 1 aliphatic rings. The Morgan fingerprint density at radius 1 is 1.13 bits per heavy atom. The van der Waals surface area contributed by atoms with Crippen molar-refractivity contribution in [1.82, 2.24) is 9.80 Å². The monoisotopic (exact) mass is 212 g/mol. The molecule has 0 unspecified atom stereocenters. The quantitative estimate of drug-likeness (QED) is 0.640. The number of carbonyl (C=O) groups excluding carboxylic acids is 2. The maximum Gasteiger partial charge on any atom is 0.230 e. The number of Topliss-reactive ketones (excluding diaryl/α,β-unsaturated/α-hetero) is 1. The highest BCUT2D eigenvalue weighted by Crippen LogP contribution is 2.07. The van der Waals surface area contributed by atoms with Crippen LogP contribution in [0.3, 0.4) is 0 Å². The predicted molar refractivity (Wildman–Crippen MR) is 58.6 cm³/mol. The molecule has 0 N–H and O–H groups in total. The van der Waals surface area contributed by atoms with Crippen molar-refractivity contribution in [3.63, 3.8) is 0 Å². The summed E-state index contributed by atoms with van der Waals surface area (Å²) in [5.74, 6) is -0.0720. The first-order chi connectivity index (χ1) is 7.00. The minimum atomic E-state index is -0.0497. The molecule has 1 heterocycles. The van der Waals surface area contributed by atoms with Gasteiger partial charge in [-0.05, 0) is 20.8 Å². The van der Waals surface area contributed by atoms with Crippen LogP contribution in [0, 0.1) is 0 Å². The van der Waals surface area contributed by atoms with Crippen molar-refractivity contribution in [3.05, 3.63) is 0 Å². The first kappa shape index (κ1) is 12.2. The lowest BCUT2D eigenvalue weighted by atomic mass is 10.2. The van der Waals surface area contributed by atoms with E-state index in [9.17, 15) is 9.59 Å². The van der Waals surface area contributed by atoms with Gasteiger partial charge in [0, 0.05) is 32.2 Å². The van der Waals surface area contributed by atoms with E-state index in [1.54, 1.807) is 4.90 Å². The van der Waals surface area contributed by atoms with Crippen LogP contribution in [0.4, 0.5) is 0 Å². The fourth-order valence-corrected chi connectivity index (χ4v) is 1.81. The number of carbonyl (C=O) groups is 2. The molecule has 1 amide bonds. The number of ketones is 1. The Balaban J connectivity index is 2.37. The summed E-state index contributed by atoms with van der Waals surface area (Å²) in [6, 6.07) is 0.537. The van der Waals surface area contributed by atoms with E-state index in [4.69, 9.17) is 0 Å². The van der Waals surface area contributed by atoms with E-state index in [0.29, 0.717) is 6.04 Å². The molecule has 0 spiro atoms. The van der Waals surface area contributed by atoms with Crippen LogP contribution in [-0.2, 0) is 9.59 Å². The fraction of sp³-hybridized carbons (Fsp3) is 0.818. The van der Waals surface area contributed by atoms with Gasteiger partial charge in [0.05, 0.1) is 6.42 Å². The van der Waals surface area contributed by atoms with Gasteiger partial charge in [0.1, 0.15) is 5.78 Å². The molecule has 4 nitrogen and oxygen atoms in total. The van der Waals surface area contributed by atoms with Crippen LogP contribution in [0.5, 0.6) is 0 Å². The van der Waals surface area contributed by atoms with Crippen LogP contribution in [0.2, 0.25) is 0 Å². The van der Waals surface area contributed by atoms with E-state index < -0.39 is 0 Å². The molecule has 0 bridgehead atoms. The zero-order chi connectivity index (χ0) is 11.4. The predicted octanol–water partition coefficient (Wildman–Crippen LogP) is 0.518. The number of hydrogen-bond acceptors (Lipinski definition) is 3. The molecule has 86 valence electrons. The summed E-state index contributed by atoms with van der Waals surface area (Å²) < 4.78 is 0. The second-order valence-corrected chi connectivity index (χ2v) is 4.39. The minimum absolute atomic E-state index is 0.0223. The zero-order valence-electron chi connectivity index (χ0n) is 9.82. The van der Waals surface area contributed by atoms with Crippen molar-refractivity contribution >= 4 is 11.7 Å². The number of rotatable bonds is 3. The van der Waals surface area contributed by atoms with E-state index >= 15 is 0 Å². The molecule has 0 aromatic heterocycles. The SMILES string of the molecule is CC(=O)CC(=O)N1CCN(C(C)C)CC1. The van der Waals surface area contributed by atoms with Crippen molar-refractivity contribution in [1.29, 1.82) is 0 Å². The molecule has 0 atom stereocenters. The van der Waals surface area contributed by atoms with Gasteiger partial charge in [-0.2, -0.15) is 0 Å². The first-order valence-corrected chi connectivity index (χ1v) is 5.52. The summed E-state index contributed by atoms with van der Waals surface area (Å²) in [5.41, 5.74) is 0. The molecule has 1 aliphatic heterocycles. The maximum absolute atomic E-state index is 11.6. The summed E-state index contributed by atoms with van der Waals surface area (Å²) in [6.07, 6.45) is 0.0572. The lowest BCUT2D eigenvalue weighted by molar-refractivity contribution is -0.136. The van der Waals surface area contributed by atoms with E-state index in [1.807, 2.05) is 0 Å². The first-order valence-electron chi connectivity index (χ1n) is 5.52. The van der Waals surface area contributed by atoms with Gasteiger partial charge in [-0.25, -0.2) is 0 Å². The molecule has 15 heavy (non-hydrogen) atoms. The molecule has 0 saturated carbocycles. The fourth-order valence-electron chi connectivity index (χ4n) is 1.81. The van der Waals surface area contributed by atoms with E-state index in [1.165, 1.54) is 6.92 Å². The molecule has 1 fully saturated rings. The third kappa shape index (κ3) is 3.63. The van der Waals surface area contributed by atoms with Gasteiger partial charge in [0.15, 0.2) is 0 Å². The Labute approximate surface area is 91.2 Å². The van der Waals surface area contributed by atoms with Crippen molar-refractivity contribution in [2.45, 2.75) is 33.2 Å². The van der Waals surface area contributed by atoms with Crippen LogP contribution < -0.4 is 0 Å². The number of nitrogens with zero attached hydrogens (tertiary/aromatic N) is 2. The highest BCUT2D eigenvalue weighted by molar-refractivity contribution is 5.96. The highest BCUT2D eigenvalue weighted by atomic mass is 16.2. The Kier molecular flexibility index (Phi) is 4.27. The molecular formula is C11H20N2O2. The van der Waals surface area contributed by atoms with Gasteiger partial charge in [-0.3, -0.25) is 14.5 Å². The van der Waals surface area contributed by atoms with Crippen LogP contribution in [-0.4, -0.2) is 53.7 Å². The lowest BCUT2D eigenvalue weighted by Crippen LogP contribution is -2.50. The molecule has 0 aliphatic carbocycles. The summed E-state index contributed by atoms with van der Waals surface area (Å²) in [4.78, 5) is 26.5. The van der Waals surface area contributed by atoms with Gasteiger partial charge in [-0.15, -0.1) is 0 Å². The van der Waals surface area contributed by atoms with E-state index in [-0.39, 0.29) is 18.1 Å². The van der Waals surface area contributed by atoms with Crippen molar-refractivity contribution in [2.75, 3.05) is 26.2 Å². The third-order valence-corrected chi connectivity index (χ3v) is 2.80. The van der Waals surface area contributed by atoms with E-state index in [0.717, 1.165) is 26.2 Å². The second kappa shape index (κ2) is 5.26. The zero-order valence-corrected chi connectivity index (χ0v) is 9.82. The van der Waals surface area contributed by atoms with Gasteiger partial charge >= 0.3 is 0 Å². The Morgan fingerprint density at radius 3 is 2.07 bits per heavy atom. The molecule has 4 heteroatoms. The van der Waals surface area contributed by atoms with E-state index in [2.05, 4.69) is 18.7 Å². The lowest BCUT2D eigenvalue weighted by Gasteiger charge is -2.36. The van der Waals surface area contributed by atoms with Gasteiger partial charge in [0.2, 0.25) is 5.91 Å². The highest BCUT2D eigenvalue weighted by Gasteiger charge is 2.22. The Morgan fingerprint density at radius 2 is 1.67 bits per heavy atom. The van der Waals surface area contributed by atoms with Crippen molar-refractivity contribution < 1.29 is 9.59 Å². The molecular weight excluding hydrogens is 192 g/mol. The van der Waals surface area contributed by atoms with Crippen molar-refractivity contribution in [3.8, 4) is 0 Å². The second-order valence-electron chi connectivity index (χ2n) is 4.39.